The minimum atomic E-state index is -1.00. The number of hydrogen-bond acceptors (Lipinski definition) is 2. The second-order valence-electron chi connectivity index (χ2n) is 4.81. The molecule has 2 amide bonds. The predicted molar refractivity (Wildman–Crippen MR) is 58.2 cm³/mol. The van der Waals surface area contributed by atoms with Gasteiger partial charge in [0.05, 0.1) is 0 Å². The van der Waals surface area contributed by atoms with Crippen LogP contribution in [0.5, 0.6) is 0 Å². The maximum absolute atomic E-state index is 12.2. The Morgan fingerprint density at radius 2 is 1.75 bits per heavy atom. The van der Waals surface area contributed by atoms with Gasteiger partial charge in [-0.2, -0.15) is 0 Å². The van der Waals surface area contributed by atoms with Crippen LogP contribution in [0.15, 0.2) is 0 Å². The van der Waals surface area contributed by atoms with Gasteiger partial charge in [0.15, 0.2) is 0 Å². The molecule has 90 valence electrons. The first-order valence-corrected chi connectivity index (χ1v) is 5.85. The molecule has 2 rings (SSSR count). The summed E-state index contributed by atoms with van der Waals surface area (Å²) in [6.45, 7) is 3.75. The van der Waals surface area contributed by atoms with E-state index in [1.807, 2.05) is 0 Å². The molecule has 16 heavy (non-hydrogen) atoms. The van der Waals surface area contributed by atoms with E-state index in [1.54, 1.807) is 11.8 Å². The highest BCUT2D eigenvalue weighted by molar-refractivity contribution is 5.86. The maximum Gasteiger partial charge on any atom is 0.329 e. The molecule has 1 atom stereocenters. The predicted octanol–water partition coefficient (Wildman–Crippen LogP) is 1.14. The Bertz CT molecular complexity index is 312. The van der Waals surface area contributed by atoms with Crippen LogP contribution in [-0.2, 0) is 4.79 Å². The topological polar surface area (TPSA) is 60.9 Å². The number of nitrogens with zero attached hydrogens (tertiary/aromatic N) is 2. The lowest BCUT2D eigenvalue weighted by molar-refractivity contribution is -0.147. The fourth-order valence-electron chi connectivity index (χ4n) is 2.57. The van der Waals surface area contributed by atoms with Crippen LogP contribution in [0.3, 0.4) is 0 Å². The van der Waals surface area contributed by atoms with E-state index in [0.29, 0.717) is 13.0 Å². The zero-order chi connectivity index (χ0) is 11.8. The number of carboxylic acids is 1. The van der Waals surface area contributed by atoms with Gasteiger partial charge in [-0.1, -0.05) is 0 Å². The Morgan fingerprint density at radius 1 is 1.12 bits per heavy atom. The van der Waals surface area contributed by atoms with Gasteiger partial charge in [-0.05, 0) is 32.6 Å². The van der Waals surface area contributed by atoms with Crippen LogP contribution in [0.2, 0.25) is 0 Å². The monoisotopic (exact) mass is 226 g/mol. The van der Waals surface area contributed by atoms with Gasteiger partial charge in [-0.25, -0.2) is 9.59 Å². The molecule has 0 aliphatic carbocycles. The van der Waals surface area contributed by atoms with E-state index in [4.69, 9.17) is 0 Å². The zero-order valence-electron chi connectivity index (χ0n) is 9.61. The molecule has 2 fully saturated rings. The van der Waals surface area contributed by atoms with E-state index in [9.17, 15) is 14.7 Å². The Balaban J connectivity index is 2.13. The summed E-state index contributed by atoms with van der Waals surface area (Å²) in [4.78, 5) is 26.7. The number of urea groups is 1. The average Bonchev–Trinajstić information content (AvgIpc) is 2.85. The van der Waals surface area contributed by atoms with Crippen molar-refractivity contribution in [3.05, 3.63) is 0 Å². The quantitative estimate of drug-likeness (QED) is 0.729. The molecule has 0 aromatic heterocycles. The number of rotatable bonds is 1. The molecule has 0 aromatic carbocycles. The SMILES string of the molecule is CC1(C(=O)O)CCCN1C(=O)N1CCCC1. The molecule has 5 nitrogen and oxygen atoms in total. The van der Waals surface area contributed by atoms with Crippen LogP contribution in [0, 0.1) is 0 Å². The molecule has 1 N–H and O–H groups in total. The van der Waals surface area contributed by atoms with E-state index >= 15 is 0 Å². The number of amides is 2. The number of carboxylic acid groups (broad SMARTS) is 1. The van der Waals surface area contributed by atoms with Crippen molar-refractivity contribution in [3.8, 4) is 0 Å². The second-order valence-corrected chi connectivity index (χ2v) is 4.81. The van der Waals surface area contributed by atoms with E-state index in [2.05, 4.69) is 0 Å². The van der Waals surface area contributed by atoms with E-state index in [-0.39, 0.29) is 6.03 Å². The number of aliphatic carboxylic acids is 1. The van der Waals surface area contributed by atoms with E-state index in [0.717, 1.165) is 32.4 Å². The lowest BCUT2D eigenvalue weighted by atomic mass is 10.00. The lowest BCUT2D eigenvalue weighted by Gasteiger charge is -2.34. The fraction of sp³-hybridized carbons (Fsp3) is 0.818. The molecule has 0 spiro atoms. The van der Waals surface area contributed by atoms with Gasteiger partial charge in [-0.15, -0.1) is 0 Å². The lowest BCUT2D eigenvalue weighted by Crippen LogP contribution is -2.54. The normalized spacial score (nSPS) is 29.8. The van der Waals surface area contributed by atoms with Crippen molar-refractivity contribution in [2.45, 2.75) is 38.1 Å². The van der Waals surface area contributed by atoms with Crippen molar-refractivity contribution in [2.75, 3.05) is 19.6 Å². The van der Waals surface area contributed by atoms with Crippen LogP contribution in [0.4, 0.5) is 4.79 Å². The summed E-state index contributed by atoms with van der Waals surface area (Å²) in [5.74, 6) is -0.891. The molecule has 2 aliphatic heterocycles. The van der Waals surface area contributed by atoms with Gasteiger partial charge < -0.3 is 14.9 Å². The summed E-state index contributed by atoms with van der Waals surface area (Å²) in [5, 5.41) is 9.22. The molecule has 5 heteroatoms. The van der Waals surface area contributed by atoms with Crippen LogP contribution in [0.1, 0.15) is 32.6 Å². The highest BCUT2D eigenvalue weighted by Crippen LogP contribution is 2.30. The first kappa shape index (κ1) is 11.2. The molecule has 0 aromatic rings. The van der Waals surface area contributed by atoms with Crippen molar-refractivity contribution in [3.63, 3.8) is 0 Å². The number of carbonyl (C=O) groups excluding carboxylic acids is 1. The summed E-state index contributed by atoms with van der Waals surface area (Å²) in [6.07, 6.45) is 3.40. The molecular formula is C11H18N2O3. The smallest absolute Gasteiger partial charge is 0.329 e. The Hall–Kier alpha value is -1.26. The van der Waals surface area contributed by atoms with Crippen LogP contribution < -0.4 is 0 Å². The van der Waals surface area contributed by atoms with Crippen molar-refractivity contribution < 1.29 is 14.7 Å². The summed E-state index contributed by atoms with van der Waals surface area (Å²) in [6, 6.07) is -0.0973. The van der Waals surface area contributed by atoms with E-state index < -0.39 is 11.5 Å². The standard InChI is InChI=1S/C11H18N2O3/c1-11(9(14)15)5-4-8-13(11)10(16)12-6-2-3-7-12/h2-8H2,1H3,(H,14,15). The third kappa shape index (κ3) is 1.64. The van der Waals surface area contributed by atoms with Crippen molar-refractivity contribution in [2.24, 2.45) is 0 Å². The highest BCUT2D eigenvalue weighted by Gasteiger charge is 2.47. The van der Waals surface area contributed by atoms with Gasteiger partial charge in [0.25, 0.3) is 0 Å². The number of carbonyl (C=O) groups is 2. The molecule has 2 heterocycles. The fourth-order valence-corrected chi connectivity index (χ4v) is 2.57. The van der Waals surface area contributed by atoms with Gasteiger partial charge in [-0.3, -0.25) is 0 Å². The Kier molecular flexibility index (Phi) is 2.78. The van der Waals surface area contributed by atoms with Crippen LogP contribution >= 0.6 is 0 Å². The summed E-state index contributed by atoms with van der Waals surface area (Å²) in [7, 11) is 0. The third-order valence-electron chi connectivity index (χ3n) is 3.71. The van der Waals surface area contributed by atoms with Gasteiger partial charge >= 0.3 is 12.0 Å². The Morgan fingerprint density at radius 3 is 2.31 bits per heavy atom. The maximum atomic E-state index is 12.2. The van der Waals surface area contributed by atoms with E-state index in [1.165, 1.54) is 4.90 Å². The zero-order valence-corrected chi connectivity index (χ0v) is 9.61. The molecule has 2 aliphatic rings. The third-order valence-corrected chi connectivity index (χ3v) is 3.71. The second kappa shape index (κ2) is 3.96. The van der Waals surface area contributed by atoms with Crippen molar-refractivity contribution in [1.82, 2.24) is 9.80 Å². The molecule has 1 unspecified atom stereocenters. The molecule has 2 saturated heterocycles. The first-order chi connectivity index (χ1) is 7.55. The molecule has 0 bridgehead atoms. The number of likely N-dealkylation sites (tertiary alicyclic amines) is 2. The van der Waals surface area contributed by atoms with Crippen LogP contribution in [0.25, 0.3) is 0 Å². The molecule has 0 saturated carbocycles. The molecule has 0 radical (unpaired) electrons. The summed E-state index contributed by atoms with van der Waals surface area (Å²) < 4.78 is 0. The van der Waals surface area contributed by atoms with Gasteiger partial charge in [0.1, 0.15) is 5.54 Å². The summed E-state index contributed by atoms with van der Waals surface area (Å²) >= 11 is 0. The molecular weight excluding hydrogens is 208 g/mol. The minimum Gasteiger partial charge on any atom is -0.480 e. The summed E-state index contributed by atoms with van der Waals surface area (Å²) in [5.41, 5.74) is -1.00. The first-order valence-electron chi connectivity index (χ1n) is 5.85. The van der Waals surface area contributed by atoms with Crippen molar-refractivity contribution >= 4 is 12.0 Å². The number of hydrogen-bond donors (Lipinski definition) is 1. The van der Waals surface area contributed by atoms with Gasteiger partial charge in [0, 0.05) is 19.6 Å². The van der Waals surface area contributed by atoms with Crippen LogP contribution in [-0.4, -0.2) is 52.1 Å². The highest BCUT2D eigenvalue weighted by atomic mass is 16.4. The largest absolute Gasteiger partial charge is 0.480 e. The van der Waals surface area contributed by atoms with Crippen molar-refractivity contribution in [1.29, 1.82) is 0 Å². The average molecular weight is 226 g/mol. The van der Waals surface area contributed by atoms with Gasteiger partial charge in [0.2, 0.25) is 0 Å². The Labute approximate surface area is 95.0 Å². The minimum absolute atomic E-state index is 0.0973.